The first-order chi connectivity index (χ1) is 11.6. The fourth-order valence-corrected chi connectivity index (χ4v) is 3.17. The summed E-state index contributed by atoms with van der Waals surface area (Å²) in [6.45, 7) is 9.69. The van der Waals surface area contributed by atoms with Crippen molar-refractivity contribution in [1.29, 1.82) is 0 Å². The van der Waals surface area contributed by atoms with E-state index in [1.54, 1.807) is 0 Å². The van der Waals surface area contributed by atoms with E-state index in [0.717, 1.165) is 45.1 Å². The first kappa shape index (κ1) is 22.2. The molecule has 6 heteroatoms. The summed E-state index contributed by atoms with van der Waals surface area (Å²) in [5.74, 6) is 0.892. The van der Waals surface area contributed by atoms with E-state index in [4.69, 9.17) is 0 Å². The zero-order valence-corrected chi connectivity index (χ0v) is 18.4. The molecule has 2 N–H and O–H groups in total. The highest BCUT2D eigenvalue weighted by atomic mass is 127. The molecule has 25 heavy (non-hydrogen) atoms. The van der Waals surface area contributed by atoms with Crippen LogP contribution in [0.1, 0.15) is 31.9 Å². The number of nitrogens with one attached hydrogen (secondary N) is 2. The molecule has 0 aliphatic carbocycles. The summed E-state index contributed by atoms with van der Waals surface area (Å²) in [6, 6.07) is 11.8. The highest BCUT2D eigenvalue weighted by molar-refractivity contribution is 14.0. The third-order valence-electron chi connectivity index (χ3n) is 4.44. The van der Waals surface area contributed by atoms with Crippen LogP contribution in [0.25, 0.3) is 0 Å². The number of aliphatic imine (C=N–C) groups is 1. The fourth-order valence-electron chi connectivity index (χ4n) is 3.17. The quantitative estimate of drug-likeness (QED) is 0.297. The molecule has 1 aliphatic rings. The second kappa shape index (κ2) is 11.7. The van der Waals surface area contributed by atoms with E-state index in [1.165, 1.54) is 5.56 Å². The molecular formula is C19H34IN5. The van der Waals surface area contributed by atoms with Gasteiger partial charge in [-0.05, 0) is 32.9 Å². The maximum absolute atomic E-state index is 4.26. The Balaban J connectivity index is 0.00000312. The highest BCUT2D eigenvalue weighted by Gasteiger charge is 2.25. The monoisotopic (exact) mass is 459 g/mol. The van der Waals surface area contributed by atoms with Crippen molar-refractivity contribution in [3.63, 3.8) is 0 Å². The summed E-state index contributed by atoms with van der Waals surface area (Å²) < 4.78 is 0. The lowest BCUT2D eigenvalue weighted by molar-refractivity contribution is 0.0891. The predicted octanol–water partition coefficient (Wildman–Crippen LogP) is 2.56. The molecule has 0 aromatic heterocycles. The number of benzene rings is 1. The predicted molar refractivity (Wildman–Crippen MR) is 118 cm³/mol. The minimum absolute atomic E-state index is 0. The molecule has 0 bridgehead atoms. The number of piperazine rings is 1. The van der Waals surface area contributed by atoms with Crippen molar-refractivity contribution in [1.82, 2.24) is 20.4 Å². The number of rotatable bonds is 6. The lowest BCUT2D eigenvalue weighted by Gasteiger charge is -2.40. The number of hydrogen-bond acceptors (Lipinski definition) is 3. The molecular weight excluding hydrogens is 425 g/mol. The molecule has 0 saturated carbocycles. The Bertz CT molecular complexity index is 506. The van der Waals surface area contributed by atoms with Gasteiger partial charge in [0, 0.05) is 51.9 Å². The minimum atomic E-state index is 0. The van der Waals surface area contributed by atoms with Crippen LogP contribution in [0.4, 0.5) is 0 Å². The normalized spacial score (nSPS) is 19.6. The number of hydrogen-bond donors (Lipinski definition) is 2. The molecule has 5 nitrogen and oxygen atoms in total. The van der Waals surface area contributed by atoms with Crippen molar-refractivity contribution in [2.45, 2.75) is 32.4 Å². The summed E-state index contributed by atoms with van der Waals surface area (Å²) >= 11 is 0. The van der Waals surface area contributed by atoms with Gasteiger partial charge >= 0.3 is 0 Å². The molecule has 142 valence electrons. The van der Waals surface area contributed by atoms with E-state index in [2.05, 4.69) is 76.7 Å². The highest BCUT2D eigenvalue weighted by Crippen LogP contribution is 2.24. The van der Waals surface area contributed by atoms with Crippen molar-refractivity contribution in [2.24, 2.45) is 4.99 Å². The topological polar surface area (TPSA) is 42.9 Å². The Morgan fingerprint density at radius 2 is 1.96 bits per heavy atom. The summed E-state index contributed by atoms with van der Waals surface area (Å²) in [5.41, 5.74) is 1.43. The van der Waals surface area contributed by atoms with Gasteiger partial charge in [-0.25, -0.2) is 0 Å². The largest absolute Gasteiger partial charge is 0.356 e. The minimum Gasteiger partial charge on any atom is -0.356 e. The van der Waals surface area contributed by atoms with Crippen LogP contribution in [0.2, 0.25) is 0 Å². The van der Waals surface area contributed by atoms with Gasteiger partial charge in [0.2, 0.25) is 0 Å². The average molecular weight is 459 g/mol. The molecule has 1 aromatic carbocycles. The molecule has 1 fully saturated rings. The van der Waals surface area contributed by atoms with Crippen LogP contribution in [0.3, 0.4) is 0 Å². The van der Waals surface area contributed by atoms with Gasteiger partial charge in [0.1, 0.15) is 0 Å². The maximum atomic E-state index is 4.26. The molecule has 1 heterocycles. The van der Waals surface area contributed by atoms with Gasteiger partial charge < -0.3 is 15.5 Å². The summed E-state index contributed by atoms with van der Waals surface area (Å²) in [6.07, 6.45) is 1.12. The van der Waals surface area contributed by atoms with Crippen molar-refractivity contribution in [3.8, 4) is 0 Å². The molecule has 1 aliphatic heterocycles. The van der Waals surface area contributed by atoms with Crippen molar-refractivity contribution < 1.29 is 0 Å². The third kappa shape index (κ3) is 7.50. The standard InChI is InChI=1S/C19H33N5.HI/c1-16(2)22-19(20-3)21-11-8-12-24-14-13-23(4)15-18(24)17-9-6-5-7-10-17;/h5-7,9-10,16,18H,8,11-15H2,1-4H3,(H2,20,21,22);1H. The van der Waals surface area contributed by atoms with Crippen LogP contribution in [0.5, 0.6) is 0 Å². The van der Waals surface area contributed by atoms with E-state index in [9.17, 15) is 0 Å². The van der Waals surface area contributed by atoms with E-state index in [1.807, 2.05) is 7.05 Å². The van der Waals surface area contributed by atoms with Crippen molar-refractivity contribution in [2.75, 3.05) is 46.8 Å². The Hall–Kier alpha value is -0.860. The maximum Gasteiger partial charge on any atom is 0.191 e. The first-order valence-corrected chi connectivity index (χ1v) is 9.05. The second-order valence-electron chi connectivity index (χ2n) is 6.88. The summed E-state index contributed by atoms with van der Waals surface area (Å²) in [5, 5.41) is 6.73. The molecule has 0 radical (unpaired) electrons. The van der Waals surface area contributed by atoms with E-state index >= 15 is 0 Å². The third-order valence-corrected chi connectivity index (χ3v) is 4.44. The molecule has 0 spiro atoms. The summed E-state index contributed by atoms with van der Waals surface area (Å²) in [4.78, 5) is 9.31. The van der Waals surface area contributed by atoms with Gasteiger partial charge in [-0.3, -0.25) is 9.89 Å². The van der Waals surface area contributed by atoms with Crippen LogP contribution < -0.4 is 10.6 Å². The van der Waals surface area contributed by atoms with Crippen molar-refractivity contribution in [3.05, 3.63) is 35.9 Å². The lowest BCUT2D eigenvalue weighted by Crippen LogP contribution is -2.47. The Labute approximate surface area is 170 Å². The van der Waals surface area contributed by atoms with Crippen LogP contribution >= 0.6 is 24.0 Å². The Kier molecular flexibility index (Phi) is 10.4. The van der Waals surface area contributed by atoms with Gasteiger partial charge in [-0.2, -0.15) is 0 Å². The van der Waals surface area contributed by atoms with Crippen LogP contribution in [-0.2, 0) is 0 Å². The zero-order valence-electron chi connectivity index (χ0n) is 16.0. The van der Waals surface area contributed by atoms with E-state index in [0.29, 0.717) is 12.1 Å². The molecule has 1 atom stereocenters. The number of guanidine groups is 1. The van der Waals surface area contributed by atoms with Crippen LogP contribution in [-0.4, -0.2) is 68.6 Å². The second-order valence-corrected chi connectivity index (χ2v) is 6.88. The molecule has 1 unspecified atom stereocenters. The number of nitrogens with zero attached hydrogens (tertiary/aromatic N) is 3. The SMILES string of the molecule is CN=C(NCCCN1CCN(C)CC1c1ccccc1)NC(C)C.I. The van der Waals surface area contributed by atoms with Gasteiger partial charge in [0.05, 0.1) is 0 Å². The van der Waals surface area contributed by atoms with Gasteiger partial charge in [-0.15, -0.1) is 24.0 Å². The Morgan fingerprint density at radius 1 is 1.24 bits per heavy atom. The van der Waals surface area contributed by atoms with Gasteiger partial charge in [0.25, 0.3) is 0 Å². The lowest BCUT2D eigenvalue weighted by atomic mass is 10.0. The van der Waals surface area contributed by atoms with Crippen molar-refractivity contribution >= 4 is 29.9 Å². The van der Waals surface area contributed by atoms with Crippen LogP contribution in [0.15, 0.2) is 35.3 Å². The Morgan fingerprint density at radius 3 is 2.60 bits per heavy atom. The van der Waals surface area contributed by atoms with E-state index in [-0.39, 0.29) is 24.0 Å². The molecule has 0 amide bonds. The summed E-state index contributed by atoms with van der Waals surface area (Å²) in [7, 11) is 4.04. The fraction of sp³-hybridized carbons (Fsp3) is 0.632. The zero-order chi connectivity index (χ0) is 17.4. The van der Waals surface area contributed by atoms with E-state index < -0.39 is 0 Å². The average Bonchev–Trinajstić information content (AvgIpc) is 2.59. The first-order valence-electron chi connectivity index (χ1n) is 9.05. The van der Waals surface area contributed by atoms with Gasteiger partial charge in [-0.1, -0.05) is 30.3 Å². The smallest absolute Gasteiger partial charge is 0.191 e. The molecule has 2 rings (SSSR count). The molecule has 1 saturated heterocycles. The van der Waals surface area contributed by atoms with Crippen LogP contribution in [0, 0.1) is 0 Å². The number of halogens is 1. The number of likely N-dealkylation sites (N-methyl/N-ethyl adjacent to an activating group) is 1. The van der Waals surface area contributed by atoms with Gasteiger partial charge in [0.15, 0.2) is 5.96 Å². The molecule has 1 aromatic rings.